The van der Waals surface area contributed by atoms with Crippen LogP contribution in [-0.4, -0.2) is 33.4 Å². The number of phenols is 1. The van der Waals surface area contributed by atoms with Crippen LogP contribution in [0.15, 0.2) is 36.4 Å². The van der Waals surface area contributed by atoms with Crippen LogP contribution in [0.2, 0.25) is 0 Å². The number of aromatic hydroxyl groups is 1. The molecule has 3 rings (SSSR count). The Morgan fingerprint density at radius 1 is 1.28 bits per heavy atom. The lowest BCUT2D eigenvalue weighted by Crippen LogP contribution is -2.31. The van der Waals surface area contributed by atoms with Crippen molar-refractivity contribution in [3.05, 3.63) is 53.1 Å². The molecule has 0 saturated carbocycles. The second-order valence-corrected chi connectivity index (χ2v) is 8.00. The molecule has 2 aromatic rings. The van der Waals surface area contributed by atoms with Crippen LogP contribution in [0.25, 0.3) is 0 Å². The van der Waals surface area contributed by atoms with Crippen LogP contribution in [-0.2, 0) is 22.9 Å². The Morgan fingerprint density at radius 3 is 2.64 bits per heavy atom. The number of rotatable bonds is 5. The first-order valence-electron chi connectivity index (χ1n) is 8.05. The molecule has 1 atom stereocenters. The van der Waals surface area contributed by atoms with E-state index in [4.69, 9.17) is 4.74 Å². The van der Waals surface area contributed by atoms with E-state index >= 15 is 0 Å². The maximum Gasteiger partial charge on any atom is 0.229 e. The summed E-state index contributed by atoms with van der Waals surface area (Å²) >= 11 is 0. The standard InChI is InChI=1S/C18H22N2O4S/c1-24-14-5-3-12(4-6-14)9-16-15-11-17(20-25(2,22)23)18(21)10-13(15)7-8-19-16/h3-6,10-11,16,19-21H,7-9H2,1-2H3. The smallest absolute Gasteiger partial charge is 0.229 e. The van der Waals surface area contributed by atoms with Crippen LogP contribution in [0.1, 0.15) is 22.7 Å². The molecular formula is C18H22N2O4S. The molecule has 0 amide bonds. The van der Waals surface area contributed by atoms with Crippen molar-refractivity contribution in [2.24, 2.45) is 0 Å². The van der Waals surface area contributed by atoms with E-state index in [-0.39, 0.29) is 17.5 Å². The molecular weight excluding hydrogens is 340 g/mol. The molecule has 0 spiro atoms. The fourth-order valence-electron chi connectivity index (χ4n) is 3.14. The monoisotopic (exact) mass is 362 g/mol. The van der Waals surface area contributed by atoms with Gasteiger partial charge < -0.3 is 15.2 Å². The maximum absolute atomic E-state index is 11.5. The van der Waals surface area contributed by atoms with Crippen molar-refractivity contribution in [3.63, 3.8) is 0 Å². The van der Waals surface area contributed by atoms with Crippen molar-refractivity contribution < 1.29 is 18.3 Å². The fourth-order valence-corrected chi connectivity index (χ4v) is 3.70. The molecule has 25 heavy (non-hydrogen) atoms. The van der Waals surface area contributed by atoms with Crippen LogP contribution in [0.5, 0.6) is 11.5 Å². The third-order valence-corrected chi connectivity index (χ3v) is 4.90. The molecule has 0 saturated heterocycles. The van der Waals surface area contributed by atoms with Crippen LogP contribution in [0, 0.1) is 0 Å². The lowest BCUT2D eigenvalue weighted by atomic mass is 9.89. The summed E-state index contributed by atoms with van der Waals surface area (Å²) in [5.74, 6) is 0.764. The first-order valence-corrected chi connectivity index (χ1v) is 9.95. The zero-order chi connectivity index (χ0) is 18.0. The Labute approximate surface area is 147 Å². The molecule has 1 aliphatic rings. The largest absolute Gasteiger partial charge is 0.506 e. The van der Waals surface area contributed by atoms with Gasteiger partial charge in [0.1, 0.15) is 11.5 Å². The van der Waals surface area contributed by atoms with Gasteiger partial charge in [-0.15, -0.1) is 0 Å². The van der Waals surface area contributed by atoms with E-state index in [9.17, 15) is 13.5 Å². The highest BCUT2D eigenvalue weighted by Crippen LogP contribution is 2.34. The highest BCUT2D eigenvalue weighted by molar-refractivity contribution is 7.92. The number of methoxy groups -OCH3 is 1. The quantitative estimate of drug-likeness (QED) is 0.710. The van der Waals surface area contributed by atoms with E-state index < -0.39 is 10.0 Å². The molecule has 3 N–H and O–H groups in total. The normalized spacial score (nSPS) is 17.0. The second kappa shape index (κ2) is 6.93. The molecule has 0 radical (unpaired) electrons. The Hall–Kier alpha value is -2.25. The summed E-state index contributed by atoms with van der Waals surface area (Å²) in [5.41, 5.74) is 3.40. The topological polar surface area (TPSA) is 87.7 Å². The second-order valence-electron chi connectivity index (χ2n) is 6.25. The van der Waals surface area contributed by atoms with Gasteiger partial charge in [-0.2, -0.15) is 0 Å². The van der Waals surface area contributed by atoms with Gasteiger partial charge >= 0.3 is 0 Å². The molecule has 6 nitrogen and oxygen atoms in total. The number of sulfonamides is 1. The van der Waals surface area contributed by atoms with Crippen molar-refractivity contribution in [2.45, 2.75) is 18.9 Å². The first kappa shape index (κ1) is 17.6. The summed E-state index contributed by atoms with van der Waals surface area (Å²) in [7, 11) is -1.82. The lowest BCUT2D eigenvalue weighted by molar-refractivity contribution is 0.414. The lowest BCUT2D eigenvalue weighted by Gasteiger charge is -2.28. The Morgan fingerprint density at radius 2 is 2.00 bits per heavy atom. The average Bonchev–Trinajstić information content (AvgIpc) is 2.56. The summed E-state index contributed by atoms with van der Waals surface area (Å²) in [6.45, 7) is 0.812. The van der Waals surface area contributed by atoms with Gasteiger partial charge in [0, 0.05) is 6.04 Å². The number of benzene rings is 2. The Bertz CT molecular complexity index is 863. The molecule has 0 aliphatic carbocycles. The number of phenolic OH excluding ortho intramolecular Hbond substituents is 1. The molecule has 1 heterocycles. The number of fused-ring (bicyclic) bond motifs is 1. The van der Waals surface area contributed by atoms with Crippen molar-refractivity contribution in [1.82, 2.24) is 5.32 Å². The van der Waals surface area contributed by atoms with Crippen molar-refractivity contribution in [2.75, 3.05) is 24.6 Å². The third-order valence-electron chi connectivity index (χ3n) is 4.31. The van der Waals surface area contributed by atoms with Gasteiger partial charge in [-0.05, 0) is 60.3 Å². The molecule has 1 unspecified atom stereocenters. The van der Waals surface area contributed by atoms with Gasteiger partial charge in [0.2, 0.25) is 10.0 Å². The van der Waals surface area contributed by atoms with E-state index in [2.05, 4.69) is 10.0 Å². The zero-order valence-electron chi connectivity index (χ0n) is 14.2. The Kier molecular flexibility index (Phi) is 4.87. The first-order chi connectivity index (χ1) is 11.9. The minimum atomic E-state index is -3.45. The Balaban J connectivity index is 1.90. The van der Waals surface area contributed by atoms with Gasteiger partial charge in [-0.25, -0.2) is 8.42 Å². The van der Waals surface area contributed by atoms with Gasteiger partial charge in [-0.1, -0.05) is 12.1 Å². The van der Waals surface area contributed by atoms with Gasteiger partial charge in [-0.3, -0.25) is 4.72 Å². The van der Waals surface area contributed by atoms with Gasteiger partial charge in [0.25, 0.3) is 0 Å². The van der Waals surface area contributed by atoms with Crippen LogP contribution < -0.4 is 14.8 Å². The predicted molar refractivity (Wildman–Crippen MR) is 97.7 cm³/mol. The minimum absolute atomic E-state index is 0.0470. The van der Waals surface area contributed by atoms with Crippen LogP contribution in [0.3, 0.4) is 0 Å². The summed E-state index contributed by atoms with van der Waals surface area (Å²) in [6.07, 6.45) is 2.63. The van der Waals surface area contributed by atoms with E-state index in [1.165, 1.54) is 0 Å². The maximum atomic E-state index is 11.5. The van der Waals surface area contributed by atoms with Crippen molar-refractivity contribution in [1.29, 1.82) is 0 Å². The predicted octanol–water partition coefficient (Wildman–Crippen LogP) is 2.20. The molecule has 2 aromatic carbocycles. The van der Waals surface area contributed by atoms with Crippen molar-refractivity contribution in [3.8, 4) is 11.5 Å². The van der Waals surface area contributed by atoms with E-state index in [0.717, 1.165) is 48.1 Å². The molecule has 1 aliphatic heterocycles. The van der Waals surface area contributed by atoms with Gasteiger partial charge in [0.15, 0.2) is 0 Å². The zero-order valence-corrected chi connectivity index (χ0v) is 15.1. The number of anilines is 1. The summed E-state index contributed by atoms with van der Waals surface area (Å²) in [4.78, 5) is 0. The van der Waals surface area contributed by atoms with Crippen LogP contribution >= 0.6 is 0 Å². The van der Waals surface area contributed by atoms with E-state index in [1.54, 1.807) is 19.2 Å². The fraction of sp³-hybridized carbons (Fsp3) is 0.333. The SMILES string of the molecule is COc1ccc(CC2NCCc3cc(O)c(NS(C)(=O)=O)cc32)cc1. The summed E-state index contributed by atoms with van der Waals surface area (Å²) in [5, 5.41) is 13.6. The average molecular weight is 362 g/mol. The highest BCUT2D eigenvalue weighted by atomic mass is 32.2. The summed E-state index contributed by atoms with van der Waals surface area (Å²) < 4.78 is 30.6. The summed E-state index contributed by atoms with van der Waals surface area (Å²) in [6, 6.07) is 11.3. The minimum Gasteiger partial charge on any atom is -0.506 e. The van der Waals surface area contributed by atoms with Gasteiger partial charge in [0.05, 0.1) is 19.1 Å². The van der Waals surface area contributed by atoms with Crippen molar-refractivity contribution >= 4 is 15.7 Å². The number of nitrogens with one attached hydrogen (secondary N) is 2. The molecule has 134 valence electrons. The highest BCUT2D eigenvalue weighted by Gasteiger charge is 2.23. The molecule has 0 aromatic heterocycles. The molecule has 7 heteroatoms. The molecule has 0 fully saturated rings. The number of hydrogen-bond acceptors (Lipinski definition) is 5. The van der Waals surface area contributed by atoms with E-state index in [0.29, 0.717) is 0 Å². The third kappa shape index (κ3) is 4.24. The molecule has 0 bridgehead atoms. The van der Waals surface area contributed by atoms with Crippen LogP contribution in [0.4, 0.5) is 5.69 Å². The van der Waals surface area contributed by atoms with E-state index in [1.807, 2.05) is 24.3 Å². The number of hydrogen-bond donors (Lipinski definition) is 3. The number of ether oxygens (including phenoxy) is 1.